The highest BCUT2D eigenvalue weighted by Crippen LogP contribution is 2.11. The number of hydrogen-bond donors (Lipinski definition) is 0. The average molecular weight is 392 g/mol. The van der Waals surface area contributed by atoms with E-state index in [0.717, 1.165) is 25.9 Å². The third-order valence-corrected chi connectivity index (χ3v) is 4.72. The lowest BCUT2D eigenvalue weighted by atomic mass is 10.1. The van der Waals surface area contributed by atoms with Crippen molar-refractivity contribution in [2.75, 3.05) is 13.6 Å². The number of nitrogens with zero attached hydrogens (tertiary/aromatic N) is 4. The van der Waals surface area contributed by atoms with Crippen LogP contribution in [0.1, 0.15) is 34.1 Å². The Morgan fingerprint density at radius 2 is 1.66 bits per heavy atom. The van der Waals surface area contributed by atoms with Crippen molar-refractivity contribution < 1.29 is 4.79 Å². The Hall–Kier alpha value is -3.48. The summed E-state index contributed by atoms with van der Waals surface area (Å²) in [5.41, 5.74) is 1.66. The van der Waals surface area contributed by atoms with Gasteiger partial charge < -0.3 is 4.90 Å². The van der Waals surface area contributed by atoms with Crippen LogP contribution in [0.4, 0.5) is 0 Å². The van der Waals surface area contributed by atoms with Crippen molar-refractivity contribution in [3.8, 4) is 5.69 Å². The summed E-state index contributed by atoms with van der Waals surface area (Å²) < 4.78 is 2.21. The van der Waals surface area contributed by atoms with Gasteiger partial charge in [0.05, 0.1) is 12.2 Å². The second-order valence-corrected chi connectivity index (χ2v) is 7.09. The fourth-order valence-electron chi connectivity index (χ4n) is 3.12. The molecule has 0 radical (unpaired) electrons. The average Bonchev–Trinajstić information content (AvgIpc) is 2.70. The Kier molecular flexibility index (Phi) is 5.77. The van der Waals surface area contributed by atoms with E-state index in [1.54, 1.807) is 26.1 Å². The van der Waals surface area contributed by atoms with Crippen molar-refractivity contribution in [1.29, 1.82) is 0 Å². The minimum Gasteiger partial charge on any atom is -0.340 e. The van der Waals surface area contributed by atoms with Gasteiger partial charge in [0.25, 0.3) is 11.5 Å². The Labute approximate surface area is 168 Å². The lowest BCUT2D eigenvalue weighted by Gasteiger charge is -2.16. The minimum atomic E-state index is -0.690. The number of amides is 1. The van der Waals surface area contributed by atoms with Gasteiger partial charge in [-0.25, -0.2) is 4.79 Å². The molecule has 1 aromatic heterocycles. The topological polar surface area (TPSA) is 77.2 Å². The fraction of sp³-hybridized carbons (Fsp3) is 0.273. The fourth-order valence-corrected chi connectivity index (χ4v) is 3.12. The van der Waals surface area contributed by atoms with Crippen LogP contribution < -0.4 is 11.2 Å². The lowest BCUT2D eigenvalue weighted by Crippen LogP contribution is -2.46. The monoisotopic (exact) mass is 392 g/mol. The molecular weight excluding hydrogens is 368 g/mol. The molecule has 0 fully saturated rings. The molecule has 0 unspecified atom stereocenters. The van der Waals surface area contributed by atoms with Gasteiger partial charge in [0.1, 0.15) is 0 Å². The highest BCUT2D eigenvalue weighted by atomic mass is 16.2. The molecular formula is C22H24N4O3. The van der Waals surface area contributed by atoms with Crippen LogP contribution in [-0.4, -0.2) is 38.7 Å². The summed E-state index contributed by atoms with van der Waals surface area (Å²) in [6.45, 7) is 6.11. The van der Waals surface area contributed by atoms with Crippen LogP contribution in [0, 0.1) is 13.8 Å². The summed E-state index contributed by atoms with van der Waals surface area (Å²) in [5.74, 6) is -0.516. The molecule has 0 saturated heterocycles. The summed E-state index contributed by atoms with van der Waals surface area (Å²) in [6.07, 6.45) is 0. The number of carbonyl (C=O) groups is 1. The maximum atomic E-state index is 13.2. The summed E-state index contributed by atoms with van der Waals surface area (Å²) in [4.78, 5) is 40.3. The Bertz CT molecular complexity index is 1140. The van der Waals surface area contributed by atoms with Gasteiger partial charge in [0.2, 0.25) is 5.69 Å². The number of aryl methyl sites for hydroxylation is 2. The highest BCUT2D eigenvalue weighted by molar-refractivity contribution is 5.91. The van der Waals surface area contributed by atoms with Crippen molar-refractivity contribution in [3.05, 3.63) is 91.8 Å². The van der Waals surface area contributed by atoms with Gasteiger partial charge in [-0.15, -0.1) is 0 Å². The van der Waals surface area contributed by atoms with Crippen LogP contribution in [0.15, 0.2) is 58.1 Å². The van der Waals surface area contributed by atoms with Crippen molar-refractivity contribution in [1.82, 2.24) is 19.2 Å². The van der Waals surface area contributed by atoms with E-state index in [1.807, 2.05) is 50.2 Å². The second-order valence-electron chi connectivity index (χ2n) is 7.09. The number of benzene rings is 2. The first-order chi connectivity index (χ1) is 13.8. The summed E-state index contributed by atoms with van der Waals surface area (Å²) in [7, 11) is 1.59. The number of aromatic nitrogens is 3. The summed E-state index contributed by atoms with van der Waals surface area (Å²) >= 11 is 0. The summed E-state index contributed by atoms with van der Waals surface area (Å²) in [6, 6.07) is 14.8. The van der Waals surface area contributed by atoms with Crippen LogP contribution in [0.5, 0.6) is 0 Å². The molecule has 0 aliphatic heterocycles. The maximum absolute atomic E-state index is 13.2. The van der Waals surface area contributed by atoms with Crippen molar-refractivity contribution in [3.63, 3.8) is 0 Å². The Morgan fingerprint density at radius 1 is 1.03 bits per heavy atom. The van der Waals surface area contributed by atoms with E-state index >= 15 is 0 Å². The van der Waals surface area contributed by atoms with Crippen LogP contribution in [-0.2, 0) is 6.54 Å². The molecule has 0 saturated carbocycles. The number of carbonyl (C=O) groups excluding carboxylic acids is 1. The Balaban J connectivity index is 2.28. The molecule has 3 aromatic rings. The lowest BCUT2D eigenvalue weighted by molar-refractivity contribution is 0.0791. The van der Waals surface area contributed by atoms with E-state index in [-0.39, 0.29) is 12.2 Å². The molecule has 0 N–H and O–H groups in total. The van der Waals surface area contributed by atoms with E-state index in [1.165, 1.54) is 4.90 Å². The zero-order chi connectivity index (χ0) is 21.1. The normalized spacial score (nSPS) is 10.8. The maximum Gasteiger partial charge on any atom is 0.352 e. The molecule has 0 aliphatic carbocycles. The molecule has 0 aliphatic rings. The van der Waals surface area contributed by atoms with Gasteiger partial charge >= 0.3 is 5.69 Å². The van der Waals surface area contributed by atoms with Crippen molar-refractivity contribution >= 4 is 5.91 Å². The van der Waals surface area contributed by atoms with Crippen LogP contribution >= 0.6 is 0 Å². The first-order valence-electron chi connectivity index (χ1n) is 9.44. The quantitative estimate of drug-likeness (QED) is 0.667. The van der Waals surface area contributed by atoms with Gasteiger partial charge in [0, 0.05) is 13.6 Å². The molecule has 7 heteroatoms. The van der Waals surface area contributed by atoms with Crippen LogP contribution in [0.3, 0.4) is 0 Å². The predicted octanol–water partition coefficient (Wildman–Crippen LogP) is 2.15. The number of hydrogen-bond acceptors (Lipinski definition) is 4. The van der Waals surface area contributed by atoms with Gasteiger partial charge in [-0.2, -0.15) is 9.78 Å². The second kappa shape index (κ2) is 8.26. The molecule has 1 amide bonds. The van der Waals surface area contributed by atoms with E-state index in [0.29, 0.717) is 12.2 Å². The zero-order valence-corrected chi connectivity index (χ0v) is 17.0. The third kappa shape index (κ3) is 4.18. The molecule has 150 valence electrons. The predicted molar refractivity (Wildman–Crippen MR) is 112 cm³/mol. The molecule has 0 bridgehead atoms. The van der Waals surface area contributed by atoms with Gasteiger partial charge in [-0.1, -0.05) is 36.4 Å². The van der Waals surface area contributed by atoms with Gasteiger partial charge in [-0.3, -0.25) is 14.2 Å². The standard InChI is InChI=1S/C22H24N4O3/c1-5-24(4)20(27)19-21(28)25(14-17-9-7-6-8-10-17)22(29)26(23-19)18-12-15(2)11-16(3)13-18/h6-13H,5,14H2,1-4H3. The van der Waals surface area contributed by atoms with Gasteiger partial charge in [0.15, 0.2) is 0 Å². The minimum absolute atomic E-state index is 0.0575. The van der Waals surface area contributed by atoms with Crippen molar-refractivity contribution in [2.24, 2.45) is 0 Å². The molecule has 0 atom stereocenters. The summed E-state index contributed by atoms with van der Waals surface area (Å²) in [5, 5.41) is 4.18. The van der Waals surface area contributed by atoms with Crippen LogP contribution in [0.2, 0.25) is 0 Å². The van der Waals surface area contributed by atoms with Crippen molar-refractivity contribution in [2.45, 2.75) is 27.3 Å². The van der Waals surface area contributed by atoms with E-state index in [2.05, 4.69) is 5.10 Å². The highest BCUT2D eigenvalue weighted by Gasteiger charge is 2.22. The molecule has 3 rings (SSSR count). The van der Waals surface area contributed by atoms with E-state index < -0.39 is 17.2 Å². The molecule has 7 nitrogen and oxygen atoms in total. The SMILES string of the molecule is CCN(C)C(=O)c1nn(-c2cc(C)cc(C)c2)c(=O)n(Cc2ccccc2)c1=O. The Morgan fingerprint density at radius 3 is 2.24 bits per heavy atom. The van der Waals surface area contributed by atoms with E-state index in [9.17, 15) is 14.4 Å². The molecule has 0 spiro atoms. The molecule has 29 heavy (non-hydrogen) atoms. The molecule has 2 aromatic carbocycles. The largest absolute Gasteiger partial charge is 0.352 e. The zero-order valence-electron chi connectivity index (χ0n) is 17.0. The van der Waals surface area contributed by atoms with Crippen LogP contribution in [0.25, 0.3) is 5.69 Å². The smallest absolute Gasteiger partial charge is 0.340 e. The first-order valence-corrected chi connectivity index (χ1v) is 9.44. The van der Waals surface area contributed by atoms with Gasteiger partial charge in [-0.05, 0) is 49.6 Å². The molecule has 1 heterocycles. The van der Waals surface area contributed by atoms with E-state index in [4.69, 9.17) is 0 Å². The third-order valence-electron chi connectivity index (χ3n) is 4.72. The first kappa shape index (κ1) is 20.3. The number of rotatable bonds is 5.